The van der Waals surface area contributed by atoms with E-state index in [2.05, 4.69) is 29.0 Å². The molecule has 2 fully saturated rings. The molecule has 1 aromatic carbocycles. The average molecular weight is 437 g/mol. The van der Waals surface area contributed by atoms with Crippen LogP contribution in [0, 0.1) is 5.92 Å². The van der Waals surface area contributed by atoms with Crippen LogP contribution in [0.5, 0.6) is 0 Å². The van der Waals surface area contributed by atoms with E-state index in [1.54, 1.807) is 36.5 Å². The Balaban J connectivity index is 1.30. The van der Waals surface area contributed by atoms with Gasteiger partial charge in [0.05, 0.1) is 17.8 Å². The molecule has 4 rings (SSSR count). The van der Waals surface area contributed by atoms with E-state index in [1.807, 2.05) is 11.0 Å². The van der Waals surface area contributed by atoms with Gasteiger partial charge in [-0.2, -0.15) is 0 Å². The summed E-state index contributed by atoms with van der Waals surface area (Å²) >= 11 is 0. The van der Waals surface area contributed by atoms with E-state index in [-0.39, 0.29) is 24.0 Å². The summed E-state index contributed by atoms with van der Waals surface area (Å²) in [5, 5.41) is 2.85. The summed E-state index contributed by atoms with van der Waals surface area (Å²) in [7, 11) is 0. The van der Waals surface area contributed by atoms with Crippen molar-refractivity contribution >= 4 is 17.5 Å². The number of ether oxygens (including phenoxy) is 1. The van der Waals surface area contributed by atoms with Crippen LogP contribution in [-0.2, 0) is 4.74 Å². The summed E-state index contributed by atoms with van der Waals surface area (Å²) in [5.74, 6) is 0.395. The highest BCUT2D eigenvalue weighted by Gasteiger charge is 2.28. The first kappa shape index (κ1) is 22.4. The number of hydrogen-bond donors (Lipinski definition) is 1. The van der Waals surface area contributed by atoms with Crippen LogP contribution in [0.3, 0.4) is 0 Å². The minimum atomic E-state index is -0.240. The molecule has 32 heavy (non-hydrogen) atoms. The Hall–Kier alpha value is -2.77. The number of hydrogen-bond acceptors (Lipinski definition) is 5. The van der Waals surface area contributed by atoms with Crippen LogP contribution in [0.15, 0.2) is 48.8 Å². The number of likely N-dealkylation sites (tertiary alicyclic amines) is 1. The monoisotopic (exact) mass is 436 g/mol. The van der Waals surface area contributed by atoms with Crippen LogP contribution in [0.2, 0.25) is 0 Å². The Labute approximate surface area is 189 Å². The van der Waals surface area contributed by atoms with Crippen LogP contribution >= 0.6 is 0 Å². The number of carbonyl (C=O) groups excluding carboxylic acids is 2. The van der Waals surface area contributed by atoms with Crippen molar-refractivity contribution in [2.75, 3.05) is 38.0 Å². The van der Waals surface area contributed by atoms with Crippen LogP contribution in [-0.4, -0.2) is 71.5 Å². The van der Waals surface area contributed by atoms with Crippen molar-refractivity contribution in [3.63, 3.8) is 0 Å². The van der Waals surface area contributed by atoms with Crippen molar-refractivity contribution in [2.45, 2.75) is 38.9 Å². The number of nitrogens with one attached hydrogen (secondary N) is 1. The number of rotatable bonds is 5. The number of nitrogens with zero attached hydrogens (tertiary/aromatic N) is 3. The largest absolute Gasteiger partial charge is 0.373 e. The van der Waals surface area contributed by atoms with Gasteiger partial charge in [-0.3, -0.25) is 19.5 Å². The lowest BCUT2D eigenvalue weighted by molar-refractivity contribution is -0.0728. The lowest BCUT2D eigenvalue weighted by atomic mass is 9.95. The fourth-order valence-corrected chi connectivity index (χ4v) is 4.73. The maximum atomic E-state index is 13.1. The number of pyridine rings is 1. The summed E-state index contributed by atoms with van der Waals surface area (Å²) in [4.78, 5) is 33.9. The van der Waals surface area contributed by atoms with Gasteiger partial charge in [0.1, 0.15) is 0 Å². The van der Waals surface area contributed by atoms with E-state index >= 15 is 0 Å². The third kappa shape index (κ3) is 5.72. The molecule has 2 atom stereocenters. The van der Waals surface area contributed by atoms with Gasteiger partial charge < -0.3 is 15.0 Å². The summed E-state index contributed by atoms with van der Waals surface area (Å²) in [6.45, 7) is 8.86. The second kappa shape index (κ2) is 10.2. The van der Waals surface area contributed by atoms with Crippen molar-refractivity contribution in [3.05, 3.63) is 59.9 Å². The Bertz CT molecular complexity index is 918. The van der Waals surface area contributed by atoms with Gasteiger partial charge in [-0.15, -0.1) is 0 Å². The molecule has 0 aliphatic carbocycles. The molecule has 170 valence electrons. The Morgan fingerprint density at radius 2 is 1.78 bits per heavy atom. The van der Waals surface area contributed by atoms with Crippen LogP contribution < -0.4 is 5.32 Å². The van der Waals surface area contributed by atoms with Gasteiger partial charge in [-0.1, -0.05) is 6.07 Å². The van der Waals surface area contributed by atoms with Crippen molar-refractivity contribution in [2.24, 2.45) is 5.92 Å². The molecular weight excluding hydrogens is 404 g/mol. The third-order valence-corrected chi connectivity index (χ3v) is 6.20. The molecular formula is C25H32N4O3. The number of aromatic nitrogens is 1. The van der Waals surface area contributed by atoms with E-state index in [0.29, 0.717) is 22.7 Å². The molecule has 7 heteroatoms. The molecule has 0 radical (unpaired) electrons. The van der Waals surface area contributed by atoms with Crippen molar-refractivity contribution in [1.82, 2.24) is 14.8 Å². The maximum absolute atomic E-state index is 13.1. The molecule has 2 aromatic rings. The van der Waals surface area contributed by atoms with E-state index in [0.717, 1.165) is 45.6 Å². The molecule has 2 unspecified atom stereocenters. The molecule has 1 N–H and O–H groups in total. The summed E-state index contributed by atoms with van der Waals surface area (Å²) < 4.78 is 5.84. The Morgan fingerprint density at radius 3 is 2.47 bits per heavy atom. The second-order valence-corrected chi connectivity index (χ2v) is 8.99. The zero-order chi connectivity index (χ0) is 22.5. The van der Waals surface area contributed by atoms with Gasteiger partial charge in [-0.05, 0) is 62.9 Å². The fourth-order valence-electron chi connectivity index (χ4n) is 4.73. The van der Waals surface area contributed by atoms with Crippen LogP contribution in [0.25, 0.3) is 0 Å². The van der Waals surface area contributed by atoms with Crippen molar-refractivity contribution in [1.29, 1.82) is 0 Å². The molecule has 0 saturated carbocycles. The quantitative estimate of drug-likeness (QED) is 0.779. The van der Waals surface area contributed by atoms with Gasteiger partial charge in [-0.25, -0.2) is 0 Å². The minimum absolute atomic E-state index is 0.0227. The molecule has 3 heterocycles. The number of morpholine rings is 1. The maximum Gasteiger partial charge on any atom is 0.257 e. The topological polar surface area (TPSA) is 74.8 Å². The number of anilines is 1. The summed E-state index contributed by atoms with van der Waals surface area (Å²) in [6, 6.07) is 10.6. The summed E-state index contributed by atoms with van der Waals surface area (Å²) in [5.41, 5.74) is 1.69. The number of benzene rings is 1. The Kier molecular flexibility index (Phi) is 7.17. The molecule has 1 aromatic heterocycles. The molecule has 0 spiro atoms. The predicted octanol–water partition coefficient (Wildman–Crippen LogP) is 3.30. The molecule has 2 amide bonds. The zero-order valence-electron chi connectivity index (χ0n) is 18.9. The van der Waals surface area contributed by atoms with Gasteiger partial charge >= 0.3 is 0 Å². The van der Waals surface area contributed by atoms with Crippen molar-refractivity contribution in [3.8, 4) is 0 Å². The van der Waals surface area contributed by atoms with Gasteiger partial charge in [0.15, 0.2) is 0 Å². The number of piperidine rings is 1. The van der Waals surface area contributed by atoms with E-state index < -0.39 is 0 Å². The van der Waals surface area contributed by atoms with E-state index in [4.69, 9.17) is 4.74 Å². The Morgan fingerprint density at radius 1 is 1.06 bits per heavy atom. The molecule has 7 nitrogen and oxygen atoms in total. The fraction of sp³-hybridized carbons (Fsp3) is 0.480. The smallest absolute Gasteiger partial charge is 0.257 e. The molecule has 0 bridgehead atoms. The highest BCUT2D eigenvalue weighted by atomic mass is 16.5. The predicted molar refractivity (Wildman–Crippen MR) is 124 cm³/mol. The molecule has 2 saturated heterocycles. The lowest BCUT2D eigenvalue weighted by Crippen LogP contribution is -2.48. The van der Waals surface area contributed by atoms with Gasteiger partial charge in [0.25, 0.3) is 11.8 Å². The third-order valence-electron chi connectivity index (χ3n) is 6.20. The minimum Gasteiger partial charge on any atom is -0.373 e. The normalized spacial score (nSPS) is 22.5. The highest BCUT2D eigenvalue weighted by Crippen LogP contribution is 2.23. The van der Waals surface area contributed by atoms with Crippen LogP contribution in [0.1, 0.15) is 47.4 Å². The van der Waals surface area contributed by atoms with Crippen molar-refractivity contribution < 1.29 is 14.3 Å². The second-order valence-electron chi connectivity index (χ2n) is 8.99. The van der Waals surface area contributed by atoms with Crippen LogP contribution in [0.4, 0.5) is 5.69 Å². The first-order chi connectivity index (χ1) is 15.5. The lowest BCUT2D eigenvalue weighted by Gasteiger charge is -2.39. The number of amides is 2. The van der Waals surface area contributed by atoms with E-state index in [9.17, 15) is 9.59 Å². The summed E-state index contributed by atoms with van der Waals surface area (Å²) in [6.07, 6.45) is 5.75. The zero-order valence-corrected chi connectivity index (χ0v) is 18.9. The highest BCUT2D eigenvalue weighted by molar-refractivity contribution is 6.04. The first-order valence-electron chi connectivity index (χ1n) is 11.5. The van der Waals surface area contributed by atoms with Gasteiger partial charge in [0.2, 0.25) is 0 Å². The van der Waals surface area contributed by atoms with Gasteiger partial charge in [0, 0.05) is 56.4 Å². The molecule has 2 aliphatic heterocycles. The average Bonchev–Trinajstić information content (AvgIpc) is 2.79. The first-order valence-corrected chi connectivity index (χ1v) is 11.5. The molecule has 2 aliphatic rings. The SMILES string of the molecule is CC1CN(CC2CCN(C(=O)c3cccc(NC(=O)c4cccnc4)c3)CC2)CC(C)O1. The standard InChI is InChI=1S/C25H32N4O3/c1-18-15-28(16-19(2)32-18)17-20-8-11-29(12-9-20)25(31)21-5-3-7-23(13-21)27-24(30)22-6-4-10-26-14-22/h3-7,10,13-14,18-20H,8-9,11-12,15-17H2,1-2H3,(H,27,30). The number of carbonyl (C=O) groups is 2. The van der Waals surface area contributed by atoms with E-state index in [1.165, 1.54) is 6.20 Å².